The lowest BCUT2D eigenvalue weighted by Gasteiger charge is -2.46. The van der Waals surface area contributed by atoms with Gasteiger partial charge < -0.3 is 4.90 Å². The predicted molar refractivity (Wildman–Crippen MR) is 89.3 cm³/mol. The van der Waals surface area contributed by atoms with E-state index in [1.54, 1.807) is 0 Å². The summed E-state index contributed by atoms with van der Waals surface area (Å²) < 4.78 is 0. The van der Waals surface area contributed by atoms with Gasteiger partial charge in [0, 0.05) is 19.8 Å². The van der Waals surface area contributed by atoms with Crippen molar-refractivity contribution in [2.45, 2.75) is 5.41 Å². The zero-order valence-corrected chi connectivity index (χ0v) is 13.2. The molecule has 0 amide bonds. The number of hydrogen-bond acceptors (Lipinski definition) is 3. The van der Waals surface area contributed by atoms with Gasteiger partial charge in [0.25, 0.3) is 0 Å². The van der Waals surface area contributed by atoms with E-state index in [0.717, 1.165) is 23.9 Å². The first-order chi connectivity index (χ1) is 10.1. The fourth-order valence-corrected chi connectivity index (χ4v) is 3.51. The normalized spacial score (nSPS) is 23.3. The molecule has 1 atom stereocenters. The van der Waals surface area contributed by atoms with Gasteiger partial charge in [-0.3, -0.25) is 9.88 Å². The summed E-state index contributed by atoms with van der Waals surface area (Å²) in [4.78, 5) is 9.99. The average molecular weight is 297 g/mol. The van der Waals surface area contributed by atoms with E-state index >= 15 is 0 Å². The Morgan fingerprint density at radius 2 is 1.76 bits per heavy atom. The second-order valence-corrected chi connectivity index (χ2v) is 6.03. The number of benzene rings is 1. The maximum Gasteiger partial charge on any atom is 0.100 e. The lowest BCUT2D eigenvalue weighted by Crippen LogP contribution is -2.59. The summed E-state index contributed by atoms with van der Waals surface area (Å²) in [6.45, 7) is 1.69. The van der Waals surface area contributed by atoms with E-state index < -0.39 is 0 Å². The number of likely N-dealkylation sites (N-methyl/N-ethyl adjacent to an activating group) is 2. The van der Waals surface area contributed by atoms with Gasteiger partial charge in [-0.25, -0.2) is 0 Å². The molecular formula is C17H19N3S. The molecule has 0 N–H and O–H groups in total. The highest BCUT2D eigenvalue weighted by atomic mass is 32.1. The Labute approximate surface area is 131 Å². The van der Waals surface area contributed by atoms with Gasteiger partial charge in [-0.15, -0.1) is 0 Å². The van der Waals surface area contributed by atoms with Crippen molar-refractivity contribution in [2.24, 2.45) is 0 Å². The molecule has 0 radical (unpaired) electrons. The van der Waals surface area contributed by atoms with Crippen molar-refractivity contribution < 1.29 is 0 Å². The highest BCUT2D eigenvalue weighted by Gasteiger charge is 2.45. The summed E-state index contributed by atoms with van der Waals surface area (Å²) in [5, 5.41) is 0. The molecule has 3 rings (SSSR count). The highest BCUT2D eigenvalue weighted by molar-refractivity contribution is 7.80. The van der Waals surface area contributed by atoms with Crippen LogP contribution in [0, 0.1) is 0 Å². The van der Waals surface area contributed by atoms with E-state index in [4.69, 9.17) is 12.2 Å². The Hall–Kier alpha value is -1.78. The number of rotatable bonds is 2. The van der Waals surface area contributed by atoms with Crippen molar-refractivity contribution in [1.82, 2.24) is 14.8 Å². The zero-order valence-electron chi connectivity index (χ0n) is 12.4. The van der Waals surface area contributed by atoms with Crippen molar-refractivity contribution in [2.75, 3.05) is 27.3 Å². The van der Waals surface area contributed by atoms with Crippen molar-refractivity contribution in [3.05, 3.63) is 66.0 Å². The average Bonchev–Trinajstić information content (AvgIpc) is 2.52. The molecule has 2 aromatic rings. The van der Waals surface area contributed by atoms with E-state index in [9.17, 15) is 0 Å². The SMILES string of the molecule is CN1CN(C)C(=S)C(c2ccccc2)(c2ccccn2)C1. The lowest BCUT2D eigenvalue weighted by molar-refractivity contribution is 0.185. The molecule has 1 aromatic heterocycles. The molecular weight excluding hydrogens is 278 g/mol. The van der Waals surface area contributed by atoms with Crippen LogP contribution in [0.5, 0.6) is 0 Å². The van der Waals surface area contributed by atoms with Gasteiger partial charge in [0.1, 0.15) is 5.41 Å². The van der Waals surface area contributed by atoms with Crippen LogP contribution in [0.4, 0.5) is 0 Å². The van der Waals surface area contributed by atoms with Crippen LogP contribution in [0.3, 0.4) is 0 Å². The molecule has 1 fully saturated rings. The Balaban J connectivity index is 2.22. The minimum Gasteiger partial charge on any atom is -0.355 e. The van der Waals surface area contributed by atoms with Crippen molar-refractivity contribution in [3.63, 3.8) is 0 Å². The first-order valence-corrected chi connectivity index (χ1v) is 7.46. The molecule has 108 valence electrons. The Morgan fingerprint density at radius 3 is 2.43 bits per heavy atom. The quantitative estimate of drug-likeness (QED) is 0.793. The summed E-state index contributed by atoms with van der Waals surface area (Å²) in [6.07, 6.45) is 1.84. The van der Waals surface area contributed by atoms with E-state index in [1.165, 1.54) is 5.56 Å². The highest BCUT2D eigenvalue weighted by Crippen LogP contribution is 2.37. The predicted octanol–water partition coefficient (Wildman–Crippen LogP) is 2.53. The van der Waals surface area contributed by atoms with Gasteiger partial charge in [0.15, 0.2) is 0 Å². The summed E-state index contributed by atoms with van der Waals surface area (Å²) in [7, 11) is 4.18. The van der Waals surface area contributed by atoms with Crippen molar-refractivity contribution in [3.8, 4) is 0 Å². The van der Waals surface area contributed by atoms with Gasteiger partial charge in [-0.2, -0.15) is 0 Å². The Morgan fingerprint density at radius 1 is 1.05 bits per heavy atom. The smallest absolute Gasteiger partial charge is 0.100 e. The molecule has 1 aromatic carbocycles. The van der Waals surface area contributed by atoms with Crippen LogP contribution < -0.4 is 0 Å². The molecule has 1 unspecified atom stereocenters. The fraction of sp³-hybridized carbons (Fsp3) is 0.294. The summed E-state index contributed by atoms with van der Waals surface area (Å²) >= 11 is 5.84. The van der Waals surface area contributed by atoms with E-state index in [2.05, 4.69) is 59.2 Å². The zero-order chi connectivity index (χ0) is 14.9. The minimum absolute atomic E-state index is 0.362. The first kappa shape index (κ1) is 14.2. The monoisotopic (exact) mass is 297 g/mol. The second-order valence-electron chi connectivity index (χ2n) is 5.65. The van der Waals surface area contributed by atoms with Crippen LogP contribution in [0.1, 0.15) is 11.3 Å². The third-order valence-corrected chi connectivity index (χ3v) is 4.70. The minimum atomic E-state index is -0.362. The number of thiocarbonyl (C=S) groups is 1. The maximum atomic E-state index is 5.84. The Kier molecular flexibility index (Phi) is 3.74. The van der Waals surface area contributed by atoms with Gasteiger partial charge in [-0.1, -0.05) is 48.6 Å². The standard InChI is InChI=1S/C17H19N3S/c1-19-12-17(16(21)20(2)13-19,14-8-4-3-5-9-14)15-10-6-7-11-18-15/h3-11H,12-13H2,1-2H3. The molecule has 1 saturated heterocycles. The molecule has 0 spiro atoms. The van der Waals surface area contributed by atoms with Gasteiger partial charge in [-0.05, 0) is 24.7 Å². The molecule has 4 heteroatoms. The number of hydrogen-bond donors (Lipinski definition) is 0. The first-order valence-electron chi connectivity index (χ1n) is 7.06. The maximum absolute atomic E-state index is 5.84. The molecule has 0 saturated carbocycles. The second kappa shape index (κ2) is 5.54. The van der Waals surface area contributed by atoms with Crippen LogP contribution in [-0.4, -0.2) is 47.1 Å². The van der Waals surface area contributed by atoms with E-state index in [1.807, 2.05) is 24.4 Å². The topological polar surface area (TPSA) is 19.4 Å². The van der Waals surface area contributed by atoms with Crippen LogP contribution in [0.2, 0.25) is 0 Å². The van der Waals surface area contributed by atoms with Crippen molar-refractivity contribution in [1.29, 1.82) is 0 Å². The van der Waals surface area contributed by atoms with Crippen LogP contribution >= 0.6 is 12.2 Å². The largest absolute Gasteiger partial charge is 0.355 e. The summed E-state index contributed by atoms with van der Waals surface area (Å²) in [5.41, 5.74) is 1.85. The van der Waals surface area contributed by atoms with Gasteiger partial charge in [0.05, 0.1) is 17.4 Å². The van der Waals surface area contributed by atoms with E-state index in [-0.39, 0.29) is 5.41 Å². The number of nitrogens with zero attached hydrogens (tertiary/aromatic N) is 3. The molecule has 0 bridgehead atoms. The van der Waals surface area contributed by atoms with Crippen LogP contribution in [-0.2, 0) is 5.41 Å². The molecule has 0 aliphatic carbocycles. The van der Waals surface area contributed by atoms with Gasteiger partial charge >= 0.3 is 0 Å². The summed E-state index contributed by atoms with van der Waals surface area (Å²) in [6, 6.07) is 16.5. The third-order valence-electron chi connectivity index (χ3n) is 4.04. The van der Waals surface area contributed by atoms with Gasteiger partial charge in [0.2, 0.25) is 0 Å². The number of pyridine rings is 1. The fourth-order valence-electron chi connectivity index (χ4n) is 3.17. The molecule has 1 aliphatic rings. The third kappa shape index (κ3) is 2.34. The Bertz CT molecular complexity index is 587. The lowest BCUT2D eigenvalue weighted by atomic mass is 9.75. The van der Waals surface area contributed by atoms with E-state index in [0.29, 0.717) is 0 Å². The van der Waals surface area contributed by atoms with Crippen molar-refractivity contribution >= 4 is 17.2 Å². The molecule has 21 heavy (non-hydrogen) atoms. The molecule has 2 heterocycles. The molecule has 1 aliphatic heterocycles. The van der Waals surface area contributed by atoms with Crippen LogP contribution in [0.15, 0.2) is 54.7 Å². The summed E-state index contributed by atoms with van der Waals surface area (Å²) in [5.74, 6) is 0. The molecule has 3 nitrogen and oxygen atoms in total. The van der Waals surface area contributed by atoms with Crippen LogP contribution in [0.25, 0.3) is 0 Å². The number of aromatic nitrogens is 1.